The molecule has 0 N–H and O–H groups in total. The predicted octanol–water partition coefficient (Wildman–Crippen LogP) is 1.76. The fourth-order valence-electron chi connectivity index (χ4n) is 6.47. The summed E-state index contributed by atoms with van der Waals surface area (Å²) >= 11 is 0. The van der Waals surface area contributed by atoms with Gasteiger partial charge in [0.15, 0.2) is 0 Å². The summed E-state index contributed by atoms with van der Waals surface area (Å²) in [5.41, 5.74) is 0.459. The summed E-state index contributed by atoms with van der Waals surface area (Å²) in [5.74, 6) is 1.18. The second-order valence-corrected chi connectivity index (χ2v) is 9.70. The monoisotopic (exact) mass is 348 g/mol. The van der Waals surface area contributed by atoms with Crippen LogP contribution < -0.4 is 0 Å². The Hall–Kier alpha value is -0.650. The molecule has 0 unspecified atom stereocenters. The van der Waals surface area contributed by atoms with E-state index in [0.29, 0.717) is 17.3 Å². The van der Waals surface area contributed by atoms with Crippen LogP contribution in [-0.2, 0) is 14.3 Å². The number of hydrogen-bond donors (Lipinski definition) is 0. The number of esters is 1. The number of epoxide rings is 1. The maximum absolute atomic E-state index is 12.7. The molecule has 3 saturated heterocycles. The van der Waals surface area contributed by atoms with E-state index in [2.05, 4.69) is 23.8 Å². The molecule has 3 heterocycles. The van der Waals surface area contributed by atoms with Crippen LogP contribution in [0.15, 0.2) is 0 Å². The Bertz CT molecular complexity index is 555. The Kier molecular flexibility index (Phi) is 3.75. The fraction of sp³-hybridized carbons (Fsp3) is 0.950. The first-order valence-electron chi connectivity index (χ1n) is 10.2. The van der Waals surface area contributed by atoms with Gasteiger partial charge in [-0.1, -0.05) is 6.92 Å². The molecule has 25 heavy (non-hydrogen) atoms. The van der Waals surface area contributed by atoms with Gasteiger partial charge in [-0.25, -0.2) is 0 Å². The number of nitrogens with zero attached hydrogens (tertiary/aromatic N) is 2. The lowest BCUT2D eigenvalue weighted by molar-refractivity contribution is -0.147. The summed E-state index contributed by atoms with van der Waals surface area (Å²) in [4.78, 5) is 17.5. The number of fused-ring (bicyclic) bond motifs is 3. The molecule has 140 valence electrons. The summed E-state index contributed by atoms with van der Waals surface area (Å²) < 4.78 is 11.9. The first kappa shape index (κ1) is 16.5. The third-order valence-electron chi connectivity index (χ3n) is 8.13. The summed E-state index contributed by atoms with van der Waals surface area (Å²) in [6, 6.07) is 0. The van der Waals surface area contributed by atoms with E-state index in [1.165, 1.54) is 19.3 Å². The van der Waals surface area contributed by atoms with Gasteiger partial charge in [-0.3, -0.25) is 9.69 Å². The number of ether oxygens (including phenoxy) is 2. The number of carbonyl (C=O) groups is 1. The van der Waals surface area contributed by atoms with E-state index in [9.17, 15) is 4.79 Å². The highest BCUT2D eigenvalue weighted by Gasteiger charge is 2.65. The number of likely N-dealkylation sites (N-methyl/N-ethyl adjacent to an activating group) is 1. The number of carbonyl (C=O) groups excluding carboxylic acids is 1. The molecule has 2 aliphatic carbocycles. The first-order chi connectivity index (χ1) is 12.0. The van der Waals surface area contributed by atoms with Crippen molar-refractivity contribution < 1.29 is 14.3 Å². The van der Waals surface area contributed by atoms with Crippen molar-refractivity contribution in [1.29, 1.82) is 0 Å². The lowest BCUT2D eigenvalue weighted by atomic mass is 9.53. The second-order valence-electron chi connectivity index (χ2n) is 9.70. The van der Waals surface area contributed by atoms with Crippen molar-refractivity contribution in [3.63, 3.8) is 0 Å². The SMILES string of the molecule is CN1CCN(C[C@@H]2C(=O)O[C@@H]3C[C@@]4(C)CCC[C@]5(CO5)[C@@H]4C[C@H]23)CC1. The van der Waals surface area contributed by atoms with Gasteiger partial charge in [0.25, 0.3) is 0 Å². The molecule has 0 bridgehead atoms. The molecule has 5 rings (SSSR count). The van der Waals surface area contributed by atoms with Crippen molar-refractivity contribution in [1.82, 2.24) is 9.80 Å². The second kappa shape index (κ2) is 5.67. The van der Waals surface area contributed by atoms with Crippen LogP contribution in [0, 0.1) is 23.2 Å². The Morgan fingerprint density at radius 2 is 1.96 bits per heavy atom. The van der Waals surface area contributed by atoms with E-state index in [-0.39, 0.29) is 23.6 Å². The van der Waals surface area contributed by atoms with Crippen molar-refractivity contribution in [2.45, 2.75) is 50.7 Å². The van der Waals surface area contributed by atoms with Crippen LogP contribution in [0.2, 0.25) is 0 Å². The van der Waals surface area contributed by atoms with Crippen LogP contribution >= 0.6 is 0 Å². The highest BCUT2D eigenvalue weighted by Crippen LogP contribution is 2.62. The summed E-state index contributed by atoms with van der Waals surface area (Å²) in [6.45, 7) is 8.63. The Morgan fingerprint density at radius 3 is 2.68 bits per heavy atom. The highest BCUT2D eigenvalue weighted by atomic mass is 16.6. The van der Waals surface area contributed by atoms with E-state index in [1.54, 1.807) is 0 Å². The van der Waals surface area contributed by atoms with E-state index < -0.39 is 0 Å². The van der Waals surface area contributed by atoms with Crippen LogP contribution in [0.1, 0.15) is 39.0 Å². The molecule has 3 aliphatic heterocycles. The molecule has 5 nitrogen and oxygen atoms in total. The summed E-state index contributed by atoms with van der Waals surface area (Å²) in [7, 11) is 2.18. The summed E-state index contributed by atoms with van der Waals surface area (Å²) in [5, 5.41) is 0. The predicted molar refractivity (Wildman–Crippen MR) is 94.2 cm³/mol. The maximum Gasteiger partial charge on any atom is 0.310 e. The zero-order valence-corrected chi connectivity index (χ0v) is 15.7. The molecular weight excluding hydrogens is 316 g/mol. The number of hydrogen-bond acceptors (Lipinski definition) is 5. The van der Waals surface area contributed by atoms with Gasteiger partial charge in [-0.2, -0.15) is 0 Å². The molecule has 6 atom stereocenters. The van der Waals surface area contributed by atoms with E-state index in [0.717, 1.165) is 52.2 Å². The van der Waals surface area contributed by atoms with Gasteiger partial charge >= 0.3 is 5.97 Å². The topological polar surface area (TPSA) is 45.3 Å². The van der Waals surface area contributed by atoms with Crippen molar-refractivity contribution in [2.75, 3.05) is 46.4 Å². The third kappa shape index (κ3) is 2.65. The van der Waals surface area contributed by atoms with Crippen LogP contribution in [0.25, 0.3) is 0 Å². The smallest absolute Gasteiger partial charge is 0.310 e. The van der Waals surface area contributed by atoms with Gasteiger partial charge in [0.2, 0.25) is 0 Å². The number of piperazine rings is 1. The summed E-state index contributed by atoms with van der Waals surface area (Å²) in [6.07, 6.45) is 6.10. The van der Waals surface area contributed by atoms with Crippen molar-refractivity contribution in [2.24, 2.45) is 23.2 Å². The van der Waals surface area contributed by atoms with Crippen LogP contribution in [0.3, 0.4) is 0 Å². The molecule has 0 amide bonds. The molecule has 5 aliphatic rings. The average Bonchev–Trinajstić information content (AvgIpc) is 3.28. The van der Waals surface area contributed by atoms with Gasteiger partial charge in [0, 0.05) is 38.6 Å². The highest BCUT2D eigenvalue weighted by molar-refractivity contribution is 5.75. The normalized spacial score (nSPS) is 50.4. The standard InChI is InChI=1S/C20H32N2O3/c1-19-4-3-5-20(13-24-20)17(19)10-14-15(18(23)25-16(14)11-19)12-22-8-6-21(2)7-9-22/h14-17H,3-13H2,1-2H3/t14-,15+,16-,17-,19-,20+/m1/s1. The van der Waals surface area contributed by atoms with Gasteiger partial charge in [-0.05, 0) is 50.5 Å². The minimum Gasteiger partial charge on any atom is -0.462 e. The van der Waals surface area contributed by atoms with E-state index in [4.69, 9.17) is 9.47 Å². The maximum atomic E-state index is 12.7. The Labute approximate surface area is 151 Å². The van der Waals surface area contributed by atoms with Crippen LogP contribution in [0.5, 0.6) is 0 Å². The molecule has 5 fully saturated rings. The van der Waals surface area contributed by atoms with Gasteiger partial charge in [-0.15, -0.1) is 0 Å². The van der Waals surface area contributed by atoms with Gasteiger partial charge < -0.3 is 14.4 Å². The molecule has 0 aromatic rings. The first-order valence-corrected chi connectivity index (χ1v) is 10.2. The van der Waals surface area contributed by atoms with Crippen LogP contribution in [0.4, 0.5) is 0 Å². The quantitative estimate of drug-likeness (QED) is 0.562. The van der Waals surface area contributed by atoms with Crippen molar-refractivity contribution >= 4 is 5.97 Å². The molecular formula is C20H32N2O3. The molecule has 5 heteroatoms. The largest absolute Gasteiger partial charge is 0.462 e. The molecule has 0 aromatic heterocycles. The van der Waals surface area contributed by atoms with Gasteiger partial charge in [0.1, 0.15) is 6.10 Å². The fourth-order valence-corrected chi connectivity index (χ4v) is 6.47. The number of rotatable bonds is 2. The Morgan fingerprint density at radius 1 is 1.20 bits per heavy atom. The Balaban J connectivity index is 1.33. The van der Waals surface area contributed by atoms with Crippen molar-refractivity contribution in [3.05, 3.63) is 0 Å². The minimum absolute atomic E-state index is 0.0712. The molecule has 1 spiro atoms. The lowest BCUT2D eigenvalue weighted by Gasteiger charge is -2.51. The molecule has 0 aromatic carbocycles. The van der Waals surface area contributed by atoms with E-state index >= 15 is 0 Å². The lowest BCUT2D eigenvalue weighted by Crippen LogP contribution is -2.52. The van der Waals surface area contributed by atoms with E-state index in [1.807, 2.05) is 0 Å². The molecule has 2 saturated carbocycles. The zero-order valence-electron chi connectivity index (χ0n) is 15.7. The zero-order chi connectivity index (χ0) is 17.2. The average molecular weight is 348 g/mol. The van der Waals surface area contributed by atoms with Crippen molar-refractivity contribution in [3.8, 4) is 0 Å². The minimum atomic E-state index is 0.0712. The molecule has 0 radical (unpaired) electrons. The van der Waals surface area contributed by atoms with Crippen LogP contribution in [-0.4, -0.2) is 73.9 Å². The third-order valence-corrected chi connectivity index (χ3v) is 8.13. The van der Waals surface area contributed by atoms with Gasteiger partial charge in [0.05, 0.1) is 18.1 Å².